The monoisotopic (exact) mass is 374 g/mol. The average molecular weight is 375 g/mol. The van der Waals surface area contributed by atoms with E-state index in [1.165, 1.54) is 12.5 Å². The van der Waals surface area contributed by atoms with E-state index in [1.54, 1.807) is 0 Å². The van der Waals surface area contributed by atoms with Gasteiger partial charge in [0.15, 0.2) is 9.84 Å². The van der Waals surface area contributed by atoms with Crippen molar-refractivity contribution in [3.8, 4) is 11.1 Å². The fourth-order valence-electron chi connectivity index (χ4n) is 2.63. The molecule has 1 N–H and O–H groups in total. The molecule has 0 radical (unpaired) electrons. The lowest BCUT2D eigenvalue weighted by Crippen LogP contribution is -2.37. The highest BCUT2D eigenvalue weighted by atomic mass is 32.2. The fraction of sp³-hybridized carbons (Fsp3) is 0.350. The van der Waals surface area contributed by atoms with E-state index in [0.717, 1.165) is 29.5 Å². The van der Waals surface area contributed by atoms with E-state index in [-0.39, 0.29) is 6.54 Å². The lowest BCUT2D eigenvalue weighted by molar-refractivity contribution is -0.120. The van der Waals surface area contributed by atoms with Gasteiger partial charge >= 0.3 is 0 Å². The molecule has 0 aliphatic heterocycles. The Morgan fingerprint density at radius 1 is 1.08 bits per heavy atom. The van der Waals surface area contributed by atoms with Gasteiger partial charge in [-0.1, -0.05) is 48.5 Å². The minimum atomic E-state index is -3.40. The van der Waals surface area contributed by atoms with Crippen LogP contribution in [0.15, 0.2) is 48.5 Å². The Morgan fingerprint density at radius 3 is 2.27 bits per heavy atom. The maximum Gasteiger partial charge on any atom is 0.238 e. The number of hydrogen-bond acceptors (Lipinski definition) is 4. The Hall–Kier alpha value is -2.18. The van der Waals surface area contributed by atoms with Crippen molar-refractivity contribution < 1.29 is 13.2 Å². The molecule has 0 aliphatic rings. The normalized spacial score (nSPS) is 12.8. The molecule has 0 fully saturated rings. The van der Waals surface area contributed by atoms with Crippen molar-refractivity contribution in [3.63, 3.8) is 0 Å². The van der Waals surface area contributed by atoms with Crippen LogP contribution in [0, 0.1) is 0 Å². The number of benzene rings is 2. The molecule has 0 saturated carbocycles. The number of sulfone groups is 1. The van der Waals surface area contributed by atoms with Crippen LogP contribution >= 0.6 is 0 Å². The maximum atomic E-state index is 12.1. The van der Waals surface area contributed by atoms with Gasteiger partial charge in [0.25, 0.3) is 0 Å². The molecular weight excluding hydrogens is 348 g/mol. The predicted octanol–water partition coefficient (Wildman–Crippen LogP) is 2.46. The molecule has 26 heavy (non-hydrogen) atoms. The van der Waals surface area contributed by atoms with E-state index in [1.807, 2.05) is 38.4 Å². The molecule has 5 nitrogen and oxygen atoms in total. The van der Waals surface area contributed by atoms with Crippen LogP contribution in [0.4, 0.5) is 0 Å². The zero-order chi connectivity index (χ0) is 19.3. The number of carbonyl (C=O) groups is 1. The summed E-state index contributed by atoms with van der Waals surface area (Å²) < 4.78 is 23.0. The molecule has 0 aliphatic carbocycles. The van der Waals surface area contributed by atoms with Crippen molar-refractivity contribution >= 4 is 15.7 Å². The second-order valence-electron chi connectivity index (χ2n) is 6.78. The minimum absolute atomic E-state index is 0.286. The van der Waals surface area contributed by atoms with E-state index < -0.39 is 21.0 Å². The highest BCUT2D eigenvalue weighted by Gasteiger charge is 2.23. The number of amides is 1. The summed E-state index contributed by atoms with van der Waals surface area (Å²) in [6.07, 6.45) is 1.07. The molecule has 0 spiro atoms. The lowest BCUT2D eigenvalue weighted by atomic mass is 9.98. The summed E-state index contributed by atoms with van der Waals surface area (Å²) in [7, 11) is 0.663. The van der Waals surface area contributed by atoms with Crippen molar-refractivity contribution in [2.24, 2.45) is 0 Å². The summed E-state index contributed by atoms with van der Waals surface area (Å²) in [6, 6.07) is 16.1. The van der Waals surface area contributed by atoms with Crippen molar-refractivity contribution in [1.82, 2.24) is 10.2 Å². The molecule has 2 aromatic carbocycles. The third-order valence-electron chi connectivity index (χ3n) is 4.25. The molecule has 6 heteroatoms. The van der Waals surface area contributed by atoms with Crippen LogP contribution < -0.4 is 5.32 Å². The van der Waals surface area contributed by atoms with Gasteiger partial charge in [0.05, 0.1) is 0 Å². The SMILES string of the molecule is CC(C(=O)NCc1ccccc1-c1ccc(CN(C)C)cc1)S(C)(=O)=O. The minimum Gasteiger partial charge on any atom is -0.351 e. The van der Waals surface area contributed by atoms with Crippen LogP contribution in [-0.4, -0.2) is 44.8 Å². The van der Waals surface area contributed by atoms with Crippen LogP contribution in [0.5, 0.6) is 0 Å². The highest BCUT2D eigenvalue weighted by molar-refractivity contribution is 7.92. The molecule has 0 saturated heterocycles. The van der Waals surface area contributed by atoms with Gasteiger partial charge in [-0.25, -0.2) is 8.42 Å². The third-order valence-corrected chi connectivity index (χ3v) is 5.74. The number of hydrogen-bond donors (Lipinski definition) is 1. The number of carbonyl (C=O) groups excluding carboxylic acids is 1. The maximum absolute atomic E-state index is 12.1. The summed E-state index contributed by atoms with van der Waals surface area (Å²) in [5, 5.41) is 1.67. The van der Waals surface area contributed by atoms with Gasteiger partial charge in [-0.2, -0.15) is 0 Å². The topological polar surface area (TPSA) is 66.5 Å². The smallest absolute Gasteiger partial charge is 0.238 e. The first-order chi connectivity index (χ1) is 12.2. The fourth-order valence-corrected chi connectivity index (χ4v) is 3.10. The van der Waals surface area contributed by atoms with Crippen molar-refractivity contribution in [3.05, 3.63) is 59.7 Å². The van der Waals surface area contributed by atoms with E-state index in [2.05, 4.69) is 34.5 Å². The van der Waals surface area contributed by atoms with E-state index in [4.69, 9.17) is 0 Å². The second kappa shape index (κ2) is 8.47. The highest BCUT2D eigenvalue weighted by Crippen LogP contribution is 2.24. The molecule has 140 valence electrons. The van der Waals surface area contributed by atoms with Crippen LogP contribution in [0.1, 0.15) is 18.1 Å². The Kier molecular flexibility index (Phi) is 6.56. The van der Waals surface area contributed by atoms with E-state index in [9.17, 15) is 13.2 Å². The van der Waals surface area contributed by atoms with Crippen LogP contribution in [-0.2, 0) is 27.7 Å². The molecule has 2 aromatic rings. The summed E-state index contributed by atoms with van der Waals surface area (Å²) in [5.41, 5.74) is 4.26. The first kappa shape index (κ1) is 20.1. The summed E-state index contributed by atoms with van der Waals surface area (Å²) in [5.74, 6) is -0.483. The van der Waals surface area contributed by atoms with Gasteiger partial charge in [0.1, 0.15) is 5.25 Å². The zero-order valence-electron chi connectivity index (χ0n) is 15.7. The van der Waals surface area contributed by atoms with Crippen LogP contribution in [0.25, 0.3) is 11.1 Å². The number of nitrogens with zero attached hydrogens (tertiary/aromatic N) is 1. The Balaban J connectivity index is 2.16. The Bertz CT molecular complexity index is 859. The van der Waals surface area contributed by atoms with Crippen LogP contribution in [0.3, 0.4) is 0 Å². The Labute approximate surface area is 156 Å². The molecule has 2 rings (SSSR count). The van der Waals surface area contributed by atoms with Gasteiger partial charge in [0, 0.05) is 19.3 Å². The molecular formula is C20H26N2O3S. The largest absolute Gasteiger partial charge is 0.351 e. The van der Waals surface area contributed by atoms with E-state index in [0.29, 0.717) is 0 Å². The van der Waals surface area contributed by atoms with Gasteiger partial charge in [-0.05, 0) is 43.3 Å². The molecule has 0 heterocycles. The third kappa shape index (κ3) is 5.41. The van der Waals surface area contributed by atoms with Crippen molar-refractivity contribution in [2.45, 2.75) is 25.3 Å². The van der Waals surface area contributed by atoms with Crippen molar-refractivity contribution in [2.75, 3.05) is 20.4 Å². The van der Waals surface area contributed by atoms with Gasteiger partial charge in [-0.15, -0.1) is 0 Å². The number of nitrogens with one attached hydrogen (secondary N) is 1. The number of rotatable bonds is 7. The summed E-state index contributed by atoms with van der Waals surface area (Å²) in [6.45, 7) is 2.57. The standard InChI is InChI=1S/C20H26N2O3S/c1-15(26(4,24)25)20(23)21-13-18-7-5-6-8-19(18)17-11-9-16(10-12-17)14-22(2)3/h5-12,15H,13-14H2,1-4H3,(H,21,23). The average Bonchev–Trinajstić information content (AvgIpc) is 2.58. The van der Waals surface area contributed by atoms with E-state index >= 15 is 0 Å². The summed E-state index contributed by atoms with van der Waals surface area (Å²) in [4.78, 5) is 14.2. The quantitative estimate of drug-likeness (QED) is 0.808. The molecule has 0 aromatic heterocycles. The predicted molar refractivity (Wildman–Crippen MR) is 105 cm³/mol. The lowest BCUT2D eigenvalue weighted by Gasteiger charge is -2.14. The zero-order valence-corrected chi connectivity index (χ0v) is 16.5. The van der Waals surface area contributed by atoms with Gasteiger partial charge in [0.2, 0.25) is 5.91 Å². The van der Waals surface area contributed by atoms with Gasteiger partial charge in [-0.3, -0.25) is 4.79 Å². The summed E-state index contributed by atoms with van der Waals surface area (Å²) >= 11 is 0. The first-order valence-corrected chi connectivity index (χ1v) is 10.4. The van der Waals surface area contributed by atoms with Crippen LogP contribution in [0.2, 0.25) is 0 Å². The molecule has 1 unspecified atom stereocenters. The second-order valence-corrected chi connectivity index (χ2v) is 9.15. The van der Waals surface area contributed by atoms with Gasteiger partial charge < -0.3 is 10.2 Å². The molecule has 1 atom stereocenters. The molecule has 0 bridgehead atoms. The molecule has 1 amide bonds. The Morgan fingerprint density at radius 2 is 1.69 bits per heavy atom. The first-order valence-electron chi connectivity index (χ1n) is 8.47. The van der Waals surface area contributed by atoms with Crippen molar-refractivity contribution in [1.29, 1.82) is 0 Å².